The predicted octanol–water partition coefficient (Wildman–Crippen LogP) is 8.68. The second-order valence-electron chi connectivity index (χ2n) is 20.7. The number of anilines is 2. The van der Waals surface area contributed by atoms with Crippen molar-refractivity contribution in [1.82, 2.24) is 44.9 Å². The molecule has 2 unspecified atom stereocenters. The second-order valence-corrected chi connectivity index (χ2v) is 21.5. The molecule has 0 saturated carbocycles. The van der Waals surface area contributed by atoms with Crippen molar-refractivity contribution in [2.45, 2.75) is 77.4 Å². The molecule has 472 valence electrons. The number of nitrogens with one attached hydrogen (secondary N) is 3. The van der Waals surface area contributed by atoms with Crippen molar-refractivity contribution in [3.63, 3.8) is 0 Å². The highest BCUT2D eigenvalue weighted by molar-refractivity contribution is 7.14. The highest BCUT2D eigenvalue weighted by Gasteiger charge is 2.34. The highest BCUT2D eigenvalue weighted by Crippen LogP contribution is 2.29. The zero-order chi connectivity index (χ0) is 62.6. The van der Waals surface area contributed by atoms with Crippen LogP contribution in [0.1, 0.15) is 68.1 Å². The smallest absolute Gasteiger partial charge is 0.325 e. The van der Waals surface area contributed by atoms with Crippen LogP contribution in [0.5, 0.6) is 17.2 Å². The Hall–Kier alpha value is -7.73. The molecule has 87 heavy (non-hydrogen) atoms. The summed E-state index contributed by atoms with van der Waals surface area (Å²) in [5.74, 6) is 1.76. The van der Waals surface area contributed by atoms with E-state index in [1.807, 2.05) is 68.4 Å². The van der Waals surface area contributed by atoms with Crippen LogP contribution in [-0.4, -0.2) is 189 Å². The molecule has 1 aliphatic heterocycles. The average molecular weight is 1220 g/mol. The van der Waals surface area contributed by atoms with Gasteiger partial charge in [-0.15, -0.1) is 29.6 Å². The molecule has 1 fully saturated rings. The Balaban J connectivity index is 0.00000683. The third kappa shape index (κ3) is 25.6. The van der Waals surface area contributed by atoms with Gasteiger partial charge in [0.1, 0.15) is 29.9 Å². The number of urea groups is 1. The molecule has 0 aliphatic carbocycles. The van der Waals surface area contributed by atoms with E-state index in [1.54, 1.807) is 76.7 Å². The number of piperazine rings is 1. The number of likely N-dealkylation sites (N-methyl/N-ethyl adjacent to an activating group) is 2. The fraction of sp³-hybridized carbons (Fsp3) is 0.462. The SMILES string of the molecule is C=C.C=C/C=C(\C=C)CNC(=O)C(c1ccc(OC)cc1)N(C(=O)CCc1ccc(OCCCCN(C)CCOCCOCCc2cn(CCOCCOc3ccc(NC(=O)Nc4nc(CC(=O)N5CCN(C)CC5)cs4)cc3)nn2)cc1)C(C)CC. The van der Waals surface area contributed by atoms with Crippen molar-refractivity contribution in [3.8, 4) is 17.2 Å². The van der Waals surface area contributed by atoms with Crippen molar-refractivity contribution < 1.29 is 47.6 Å². The molecule has 2 atom stereocenters. The fourth-order valence-corrected chi connectivity index (χ4v) is 9.75. The number of allylic oxidation sites excluding steroid dienone is 2. The van der Waals surface area contributed by atoms with E-state index in [0.717, 1.165) is 61.6 Å². The summed E-state index contributed by atoms with van der Waals surface area (Å²) in [4.78, 5) is 65.7. The van der Waals surface area contributed by atoms with Crippen LogP contribution in [0, 0.1) is 0 Å². The van der Waals surface area contributed by atoms with Crippen molar-refractivity contribution in [1.29, 1.82) is 0 Å². The van der Waals surface area contributed by atoms with E-state index in [4.69, 9.17) is 28.4 Å². The van der Waals surface area contributed by atoms with E-state index in [0.29, 0.717) is 125 Å². The van der Waals surface area contributed by atoms with Gasteiger partial charge in [-0.2, -0.15) is 0 Å². The molecular formula is C65H91N11O10S. The molecule has 3 N–H and O–H groups in total. The van der Waals surface area contributed by atoms with Gasteiger partial charge in [0.05, 0.1) is 77.7 Å². The van der Waals surface area contributed by atoms with Gasteiger partial charge in [0.25, 0.3) is 0 Å². The van der Waals surface area contributed by atoms with Crippen LogP contribution >= 0.6 is 11.3 Å². The molecule has 1 aliphatic rings. The van der Waals surface area contributed by atoms with E-state index in [1.165, 1.54) is 11.3 Å². The minimum absolute atomic E-state index is 0.0458. The van der Waals surface area contributed by atoms with Gasteiger partial charge in [-0.1, -0.05) is 67.8 Å². The van der Waals surface area contributed by atoms with Gasteiger partial charge in [0.15, 0.2) is 5.13 Å². The van der Waals surface area contributed by atoms with E-state index < -0.39 is 12.1 Å². The van der Waals surface area contributed by atoms with Crippen LogP contribution in [0.15, 0.2) is 134 Å². The highest BCUT2D eigenvalue weighted by atomic mass is 32.1. The lowest BCUT2D eigenvalue weighted by atomic mass is 9.99. The third-order valence-corrected chi connectivity index (χ3v) is 15.0. The largest absolute Gasteiger partial charge is 0.497 e. The molecule has 21 nitrogen and oxygen atoms in total. The first kappa shape index (κ1) is 70.0. The summed E-state index contributed by atoms with van der Waals surface area (Å²) in [5.41, 5.74) is 4.60. The van der Waals surface area contributed by atoms with Crippen LogP contribution in [0.3, 0.4) is 0 Å². The number of rotatable bonds is 39. The number of ether oxygens (including phenoxy) is 6. The van der Waals surface area contributed by atoms with Crippen molar-refractivity contribution >= 4 is 45.9 Å². The van der Waals surface area contributed by atoms with E-state index in [-0.39, 0.29) is 43.1 Å². The molecule has 0 radical (unpaired) electrons. The molecule has 22 heteroatoms. The number of hydrogen-bond acceptors (Lipinski definition) is 16. The molecule has 2 aromatic heterocycles. The molecule has 3 heterocycles. The first-order valence-electron chi connectivity index (χ1n) is 29.8. The van der Waals surface area contributed by atoms with Crippen LogP contribution in [-0.2, 0) is 54.4 Å². The van der Waals surface area contributed by atoms with Crippen LogP contribution < -0.4 is 30.2 Å². The lowest BCUT2D eigenvalue weighted by Crippen LogP contribution is -2.48. The van der Waals surface area contributed by atoms with Gasteiger partial charge in [0.2, 0.25) is 17.7 Å². The zero-order valence-corrected chi connectivity index (χ0v) is 52.4. The van der Waals surface area contributed by atoms with Gasteiger partial charge >= 0.3 is 6.03 Å². The van der Waals surface area contributed by atoms with Gasteiger partial charge in [-0.25, -0.2) is 14.5 Å². The van der Waals surface area contributed by atoms with E-state index >= 15 is 0 Å². The first-order valence-corrected chi connectivity index (χ1v) is 30.6. The van der Waals surface area contributed by atoms with Crippen molar-refractivity contribution in [2.24, 2.45) is 0 Å². The van der Waals surface area contributed by atoms with E-state index in [2.05, 4.69) is 74.4 Å². The Bertz CT molecular complexity index is 2860. The first-order chi connectivity index (χ1) is 42.3. The summed E-state index contributed by atoms with van der Waals surface area (Å²) >= 11 is 1.28. The third-order valence-electron chi connectivity index (χ3n) is 14.2. The minimum Gasteiger partial charge on any atom is -0.497 e. The monoisotopic (exact) mass is 1220 g/mol. The molecule has 0 bridgehead atoms. The Kier molecular flexibility index (Phi) is 32.1. The lowest BCUT2D eigenvalue weighted by Gasteiger charge is -2.36. The molecule has 5 amide bonds. The number of benzene rings is 3. The summed E-state index contributed by atoms with van der Waals surface area (Å²) in [5, 5.41) is 19.2. The molecular weight excluding hydrogens is 1130 g/mol. The minimum atomic E-state index is -0.835. The standard InChI is InChI=1S/C63H87N11O10S.C2H4/c1-8-13-49(10-3)45-64-61(77)60(51-17-23-55(79-7)24-18-51)74(48(4)9-2)58(75)27-16-50-14-21-56(22-15-50)83-36-12-11-29-70(5)34-38-81-41-40-80-37-28-53-46-73(69-68-53)35-39-82-42-43-84-57-25-19-52(20-26-57)65-62(78)67-63-66-54(47-85-63)44-59(76)72-32-30-71(6)31-33-72;1-2/h8,10,13-15,17-26,46-48,60H,1,3,9,11-12,16,27-45H2,2,4-7H3,(H,64,77)(H2,65,66,67,78);1-2H2/b49-13+;. The van der Waals surface area contributed by atoms with Crippen molar-refractivity contribution in [3.05, 3.63) is 157 Å². The molecule has 5 aromatic rings. The number of hydrogen-bond donors (Lipinski definition) is 3. The Morgan fingerprint density at radius 1 is 0.770 bits per heavy atom. The van der Waals surface area contributed by atoms with E-state index in [9.17, 15) is 19.2 Å². The summed E-state index contributed by atoms with van der Waals surface area (Å²) < 4.78 is 36.3. The number of aromatic nitrogens is 4. The second kappa shape index (κ2) is 39.9. The molecule has 3 aromatic carbocycles. The maximum Gasteiger partial charge on any atom is 0.325 e. The topological polar surface area (TPSA) is 216 Å². The van der Waals surface area contributed by atoms with Crippen molar-refractivity contribution in [2.75, 3.05) is 131 Å². The Morgan fingerprint density at radius 2 is 1.44 bits per heavy atom. The van der Waals surface area contributed by atoms with Gasteiger partial charge in [-0.05, 0) is 118 Å². The summed E-state index contributed by atoms with van der Waals surface area (Å²) in [6, 6.07) is 20.8. The molecule has 0 spiro atoms. The number of carbonyl (C=O) groups excluding carboxylic acids is 4. The Morgan fingerprint density at radius 3 is 2.13 bits per heavy atom. The zero-order valence-electron chi connectivity index (χ0n) is 51.6. The number of methoxy groups -OCH3 is 1. The van der Waals surface area contributed by atoms with Gasteiger partial charge < -0.3 is 58.7 Å². The molecule has 6 rings (SSSR count). The summed E-state index contributed by atoms with van der Waals surface area (Å²) in [6.45, 7) is 27.2. The number of nitrogens with zero attached hydrogens (tertiary/aromatic N) is 8. The maximum atomic E-state index is 14.1. The lowest BCUT2D eigenvalue weighted by molar-refractivity contribution is -0.143. The predicted molar refractivity (Wildman–Crippen MR) is 343 cm³/mol. The maximum absolute atomic E-state index is 14.1. The number of aryl methyl sites for hydroxylation is 1. The number of unbranched alkanes of at least 4 members (excludes halogenated alkanes) is 1. The number of amides is 5. The van der Waals surface area contributed by atoms with Gasteiger partial charge in [-0.3, -0.25) is 19.7 Å². The summed E-state index contributed by atoms with van der Waals surface area (Å²) in [6.07, 6.45) is 11.2. The van der Waals surface area contributed by atoms with Crippen LogP contribution in [0.2, 0.25) is 0 Å². The fourth-order valence-electron chi connectivity index (χ4n) is 9.04. The summed E-state index contributed by atoms with van der Waals surface area (Å²) in [7, 11) is 5.73. The number of thiazole rings is 1. The van der Waals surface area contributed by atoms with Crippen LogP contribution in [0.4, 0.5) is 15.6 Å². The van der Waals surface area contributed by atoms with Crippen LogP contribution in [0.25, 0.3) is 0 Å². The Labute approximate surface area is 518 Å². The molecule has 1 saturated heterocycles. The number of carbonyl (C=O) groups is 4. The average Bonchev–Trinajstić information content (AvgIpc) is 3.64. The normalized spacial score (nSPS) is 13.2. The van der Waals surface area contributed by atoms with Gasteiger partial charge in [0, 0.05) is 75.4 Å². The quantitative estimate of drug-likeness (QED) is 0.0191.